The Morgan fingerprint density at radius 2 is 1.61 bits per heavy atom. The van der Waals surface area contributed by atoms with E-state index in [1.165, 1.54) is 21.3 Å². The predicted molar refractivity (Wildman–Crippen MR) is 83.0 cm³/mol. The van der Waals surface area contributed by atoms with Crippen LogP contribution in [0.15, 0.2) is 36.4 Å². The van der Waals surface area contributed by atoms with E-state index >= 15 is 0 Å². The molecule has 1 atom stereocenters. The fourth-order valence-electron chi connectivity index (χ4n) is 2.81. The first-order valence-electron chi connectivity index (χ1n) is 7.00. The van der Waals surface area contributed by atoms with Crippen LogP contribution in [-0.4, -0.2) is 32.3 Å². The first-order chi connectivity index (χ1) is 11.0. The van der Waals surface area contributed by atoms with Gasteiger partial charge >= 0.3 is 0 Å². The Labute approximate surface area is 133 Å². The molecule has 23 heavy (non-hydrogen) atoms. The van der Waals surface area contributed by atoms with Crippen molar-refractivity contribution < 1.29 is 24.1 Å². The summed E-state index contributed by atoms with van der Waals surface area (Å²) in [6.07, 6.45) is 0. The molecule has 6 nitrogen and oxygen atoms in total. The van der Waals surface area contributed by atoms with Crippen LogP contribution in [0.1, 0.15) is 21.5 Å². The van der Waals surface area contributed by atoms with Crippen molar-refractivity contribution in [2.45, 2.75) is 5.72 Å². The standard InChI is InChI=1S/C17H17NO5/c1-21-13-8-10(9-14(22-2)15(13)23-3)17(20)12-7-5-4-6-11(12)16(19)18-17/h4-9,20H,1-3H3,(H,18,19). The van der Waals surface area contributed by atoms with Gasteiger partial charge in [-0.1, -0.05) is 18.2 Å². The number of ether oxygens (including phenoxy) is 3. The Morgan fingerprint density at radius 1 is 1.00 bits per heavy atom. The molecule has 0 bridgehead atoms. The maximum atomic E-state index is 12.1. The van der Waals surface area contributed by atoms with Gasteiger partial charge in [-0.3, -0.25) is 4.79 Å². The van der Waals surface area contributed by atoms with E-state index in [-0.39, 0.29) is 5.91 Å². The summed E-state index contributed by atoms with van der Waals surface area (Å²) < 4.78 is 15.9. The molecule has 1 heterocycles. The van der Waals surface area contributed by atoms with Gasteiger partial charge in [0.15, 0.2) is 17.2 Å². The molecule has 0 spiro atoms. The Hall–Kier alpha value is -2.73. The van der Waals surface area contributed by atoms with Gasteiger partial charge in [0.2, 0.25) is 5.75 Å². The maximum Gasteiger partial charge on any atom is 0.254 e. The van der Waals surface area contributed by atoms with Crippen LogP contribution in [0.25, 0.3) is 0 Å². The number of fused-ring (bicyclic) bond motifs is 1. The molecule has 2 aromatic rings. The fraction of sp³-hybridized carbons (Fsp3) is 0.235. The van der Waals surface area contributed by atoms with Gasteiger partial charge in [-0.2, -0.15) is 0 Å². The molecule has 0 saturated carbocycles. The van der Waals surface area contributed by atoms with Crippen LogP contribution in [0.3, 0.4) is 0 Å². The Bertz CT molecular complexity index is 748. The third-order valence-corrected chi connectivity index (χ3v) is 3.94. The van der Waals surface area contributed by atoms with E-state index in [4.69, 9.17) is 14.2 Å². The highest BCUT2D eigenvalue weighted by Gasteiger charge is 2.43. The molecule has 6 heteroatoms. The number of hydrogen-bond acceptors (Lipinski definition) is 5. The van der Waals surface area contributed by atoms with Crippen LogP contribution in [0.4, 0.5) is 0 Å². The second kappa shape index (κ2) is 5.48. The number of carbonyl (C=O) groups is 1. The van der Waals surface area contributed by atoms with Gasteiger partial charge in [0.05, 0.1) is 21.3 Å². The molecular weight excluding hydrogens is 298 g/mol. The van der Waals surface area contributed by atoms with E-state index in [0.717, 1.165) is 0 Å². The zero-order chi connectivity index (χ0) is 16.6. The number of methoxy groups -OCH3 is 3. The monoisotopic (exact) mass is 315 g/mol. The van der Waals surface area contributed by atoms with Crippen molar-refractivity contribution in [3.05, 3.63) is 53.1 Å². The third-order valence-electron chi connectivity index (χ3n) is 3.94. The van der Waals surface area contributed by atoms with Crippen molar-refractivity contribution in [2.75, 3.05) is 21.3 Å². The normalized spacial score (nSPS) is 19.0. The molecule has 0 radical (unpaired) electrons. The number of aliphatic hydroxyl groups is 1. The summed E-state index contributed by atoms with van der Waals surface area (Å²) >= 11 is 0. The second-order valence-corrected chi connectivity index (χ2v) is 5.12. The van der Waals surface area contributed by atoms with Crippen molar-refractivity contribution in [1.82, 2.24) is 5.32 Å². The Balaban J connectivity index is 2.21. The highest BCUT2D eigenvalue weighted by molar-refractivity contribution is 6.00. The number of amides is 1. The summed E-state index contributed by atoms with van der Waals surface area (Å²) in [5.41, 5.74) is -0.311. The van der Waals surface area contributed by atoms with E-state index in [0.29, 0.717) is 33.9 Å². The van der Waals surface area contributed by atoms with Gasteiger partial charge in [0, 0.05) is 16.7 Å². The highest BCUT2D eigenvalue weighted by atomic mass is 16.5. The smallest absolute Gasteiger partial charge is 0.254 e. The van der Waals surface area contributed by atoms with Crippen LogP contribution in [-0.2, 0) is 5.72 Å². The second-order valence-electron chi connectivity index (χ2n) is 5.12. The summed E-state index contributed by atoms with van der Waals surface area (Å²) in [5, 5.41) is 13.7. The minimum absolute atomic E-state index is 0.336. The average Bonchev–Trinajstić information content (AvgIpc) is 2.86. The molecule has 2 N–H and O–H groups in total. The molecule has 120 valence electrons. The van der Waals surface area contributed by atoms with E-state index in [1.54, 1.807) is 36.4 Å². The summed E-state index contributed by atoms with van der Waals surface area (Å²) in [6.45, 7) is 0. The zero-order valence-corrected chi connectivity index (χ0v) is 13.0. The van der Waals surface area contributed by atoms with Crippen LogP contribution < -0.4 is 19.5 Å². The van der Waals surface area contributed by atoms with Crippen LogP contribution in [0.2, 0.25) is 0 Å². The van der Waals surface area contributed by atoms with Gasteiger partial charge in [-0.25, -0.2) is 0 Å². The van der Waals surface area contributed by atoms with Gasteiger partial charge < -0.3 is 24.6 Å². The molecule has 0 aliphatic carbocycles. The molecule has 1 aliphatic rings. The van der Waals surface area contributed by atoms with E-state index in [1.807, 2.05) is 0 Å². The molecule has 0 saturated heterocycles. The number of benzene rings is 2. The Morgan fingerprint density at radius 3 is 2.17 bits per heavy atom. The lowest BCUT2D eigenvalue weighted by Gasteiger charge is -2.26. The van der Waals surface area contributed by atoms with Crippen LogP contribution in [0.5, 0.6) is 17.2 Å². The quantitative estimate of drug-likeness (QED) is 0.897. The summed E-state index contributed by atoms with van der Waals surface area (Å²) in [4.78, 5) is 12.1. The lowest BCUT2D eigenvalue weighted by molar-refractivity contribution is 0.0472. The average molecular weight is 315 g/mol. The third kappa shape index (κ3) is 2.19. The molecule has 3 rings (SSSR count). The van der Waals surface area contributed by atoms with Gasteiger partial charge in [0.1, 0.15) is 0 Å². The van der Waals surface area contributed by atoms with Crippen molar-refractivity contribution in [2.24, 2.45) is 0 Å². The molecular formula is C17H17NO5. The lowest BCUT2D eigenvalue weighted by Crippen LogP contribution is -2.40. The molecule has 0 fully saturated rings. The number of hydrogen-bond donors (Lipinski definition) is 2. The minimum atomic E-state index is -1.65. The summed E-state index contributed by atoms with van der Waals surface area (Å²) in [6, 6.07) is 10.1. The Kier molecular flexibility index (Phi) is 3.61. The van der Waals surface area contributed by atoms with Crippen molar-refractivity contribution >= 4 is 5.91 Å². The van der Waals surface area contributed by atoms with Crippen LogP contribution in [0, 0.1) is 0 Å². The molecule has 0 aromatic heterocycles. The topological polar surface area (TPSA) is 77.0 Å². The van der Waals surface area contributed by atoms with Crippen molar-refractivity contribution in [3.8, 4) is 17.2 Å². The zero-order valence-electron chi connectivity index (χ0n) is 13.0. The lowest BCUT2D eigenvalue weighted by atomic mass is 9.94. The number of nitrogens with one attached hydrogen (secondary N) is 1. The highest BCUT2D eigenvalue weighted by Crippen LogP contribution is 2.43. The van der Waals surface area contributed by atoms with Crippen molar-refractivity contribution in [1.29, 1.82) is 0 Å². The predicted octanol–water partition coefficient (Wildman–Crippen LogP) is 1.65. The minimum Gasteiger partial charge on any atom is -0.493 e. The van der Waals surface area contributed by atoms with Gasteiger partial charge in [-0.05, 0) is 18.2 Å². The summed E-state index contributed by atoms with van der Waals surface area (Å²) in [7, 11) is 4.49. The van der Waals surface area contributed by atoms with Gasteiger partial charge in [-0.15, -0.1) is 0 Å². The molecule has 1 amide bonds. The first kappa shape index (κ1) is 15.2. The molecule has 1 unspecified atom stereocenters. The van der Waals surface area contributed by atoms with Gasteiger partial charge in [0.25, 0.3) is 5.91 Å². The molecule has 2 aromatic carbocycles. The summed E-state index contributed by atoms with van der Waals surface area (Å²) in [5.74, 6) is 0.875. The fourth-order valence-corrected chi connectivity index (χ4v) is 2.81. The number of rotatable bonds is 4. The van der Waals surface area contributed by atoms with E-state index in [9.17, 15) is 9.90 Å². The molecule has 1 aliphatic heterocycles. The number of carbonyl (C=O) groups excluding carboxylic acids is 1. The maximum absolute atomic E-state index is 12.1. The van der Waals surface area contributed by atoms with E-state index in [2.05, 4.69) is 5.32 Å². The SMILES string of the molecule is COc1cc(C2(O)NC(=O)c3ccccc32)cc(OC)c1OC. The largest absolute Gasteiger partial charge is 0.493 e. The first-order valence-corrected chi connectivity index (χ1v) is 7.00. The van der Waals surface area contributed by atoms with E-state index < -0.39 is 5.72 Å². The van der Waals surface area contributed by atoms with Crippen molar-refractivity contribution in [3.63, 3.8) is 0 Å². The van der Waals surface area contributed by atoms with Crippen LogP contribution >= 0.6 is 0 Å².